The van der Waals surface area contributed by atoms with Crippen LogP contribution in [0.1, 0.15) is 79.0 Å². The first-order chi connectivity index (χ1) is 14.6. The zero-order valence-electron chi connectivity index (χ0n) is 18.0. The number of hydrogen-bond acceptors (Lipinski definition) is 5. The third kappa shape index (κ3) is 8.27. The molecule has 0 heterocycles. The van der Waals surface area contributed by atoms with Crippen molar-refractivity contribution in [3.05, 3.63) is 59.7 Å². The van der Waals surface area contributed by atoms with Crippen molar-refractivity contribution in [3.63, 3.8) is 0 Å². The molecule has 0 saturated carbocycles. The fraction of sp³-hybridized carbons (Fsp3) is 0.440. The SMILES string of the molecule is CCCCCCCCCCOC(=O)c1cccc(C(=O)Oc2ccc(OC)cc2)c1. The Morgan fingerprint density at radius 3 is 1.93 bits per heavy atom. The summed E-state index contributed by atoms with van der Waals surface area (Å²) in [6, 6.07) is 13.1. The summed E-state index contributed by atoms with van der Waals surface area (Å²) in [5.41, 5.74) is 0.645. The summed E-state index contributed by atoms with van der Waals surface area (Å²) in [4.78, 5) is 24.6. The van der Waals surface area contributed by atoms with Crippen molar-refractivity contribution >= 4 is 11.9 Å². The van der Waals surface area contributed by atoms with Gasteiger partial charge in [0.2, 0.25) is 0 Å². The van der Waals surface area contributed by atoms with Crippen molar-refractivity contribution in [3.8, 4) is 11.5 Å². The van der Waals surface area contributed by atoms with Gasteiger partial charge < -0.3 is 14.2 Å². The number of rotatable bonds is 13. The molecule has 2 aromatic rings. The van der Waals surface area contributed by atoms with Crippen molar-refractivity contribution < 1.29 is 23.8 Å². The molecule has 0 radical (unpaired) electrons. The lowest BCUT2D eigenvalue weighted by atomic mass is 10.1. The van der Waals surface area contributed by atoms with Crippen LogP contribution < -0.4 is 9.47 Å². The number of ether oxygens (including phenoxy) is 3. The molecule has 0 fully saturated rings. The van der Waals surface area contributed by atoms with E-state index < -0.39 is 11.9 Å². The van der Waals surface area contributed by atoms with Crippen molar-refractivity contribution in [1.82, 2.24) is 0 Å². The highest BCUT2D eigenvalue weighted by Crippen LogP contribution is 2.19. The highest BCUT2D eigenvalue weighted by Gasteiger charge is 2.13. The summed E-state index contributed by atoms with van der Waals surface area (Å²) in [7, 11) is 1.57. The lowest BCUT2D eigenvalue weighted by Crippen LogP contribution is -2.11. The second kappa shape index (κ2) is 13.4. The van der Waals surface area contributed by atoms with Crippen LogP contribution in [0, 0.1) is 0 Å². The fourth-order valence-electron chi connectivity index (χ4n) is 3.07. The molecule has 0 bridgehead atoms. The first-order valence-electron chi connectivity index (χ1n) is 10.8. The van der Waals surface area contributed by atoms with Crippen LogP contribution in [0.4, 0.5) is 0 Å². The quantitative estimate of drug-likeness (QED) is 0.222. The highest BCUT2D eigenvalue weighted by molar-refractivity contribution is 5.96. The fourth-order valence-corrected chi connectivity index (χ4v) is 3.07. The van der Waals surface area contributed by atoms with Crippen LogP contribution >= 0.6 is 0 Å². The van der Waals surface area contributed by atoms with Gasteiger partial charge in [0.05, 0.1) is 24.8 Å². The molecule has 162 valence electrons. The van der Waals surface area contributed by atoms with Crippen LogP contribution in [0.3, 0.4) is 0 Å². The molecule has 0 amide bonds. The molecule has 2 rings (SSSR count). The van der Waals surface area contributed by atoms with Crippen LogP contribution in [0.5, 0.6) is 11.5 Å². The van der Waals surface area contributed by atoms with Gasteiger partial charge in [0.1, 0.15) is 11.5 Å². The maximum absolute atomic E-state index is 12.4. The van der Waals surface area contributed by atoms with Gasteiger partial charge in [0.25, 0.3) is 0 Å². The summed E-state index contributed by atoms with van der Waals surface area (Å²) in [6.45, 7) is 2.61. The largest absolute Gasteiger partial charge is 0.497 e. The van der Waals surface area contributed by atoms with E-state index in [-0.39, 0.29) is 0 Å². The topological polar surface area (TPSA) is 61.8 Å². The van der Waals surface area contributed by atoms with E-state index in [1.54, 1.807) is 49.6 Å². The van der Waals surface area contributed by atoms with E-state index >= 15 is 0 Å². The van der Waals surface area contributed by atoms with Gasteiger partial charge in [-0.15, -0.1) is 0 Å². The number of carbonyl (C=O) groups excluding carboxylic acids is 2. The number of methoxy groups -OCH3 is 1. The van der Waals surface area contributed by atoms with Gasteiger partial charge in [0.15, 0.2) is 0 Å². The summed E-state index contributed by atoms with van der Waals surface area (Å²) < 4.78 is 15.8. The maximum atomic E-state index is 12.4. The Bertz CT molecular complexity index is 782. The molecular formula is C25H32O5. The van der Waals surface area contributed by atoms with Gasteiger partial charge in [-0.05, 0) is 48.9 Å². The zero-order chi connectivity index (χ0) is 21.6. The molecule has 2 aromatic carbocycles. The molecule has 0 atom stereocenters. The van der Waals surface area contributed by atoms with Crippen LogP contribution in [-0.2, 0) is 4.74 Å². The minimum Gasteiger partial charge on any atom is -0.497 e. The Morgan fingerprint density at radius 2 is 1.30 bits per heavy atom. The molecule has 5 heteroatoms. The van der Waals surface area contributed by atoms with E-state index in [0.29, 0.717) is 29.2 Å². The minimum absolute atomic E-state index is 0.298. The Kier molecular flexibility index (Phi) is 10.5. The molecule has 0 unspecified atom stereocenters. The van der Waals surface area contributed by atoms with Crippen molar-refractivity contribution in [2.24, 2.45) is 0 Å². The molecule has 0 N–H and O–H groups in total. The average molecular weight is 413 g/mol. The van der Waals surface area contributed by atoms with Gasteiger partial charge in [-0.1, -0.05) is 57.9 Å². The van der Waals surface area contributed by atoms with Gasteiger partial charge in [-0.3, -0.25) is 0 Å². The van der Waals surface area contributed by atoms with Crippen LogP contribution in [0.25, 0.3) is 0 Å². The van der Waals surface area contributed by atoms with E-state index in [9.17, 15) is 9.59 Å². The molecular weight excluding hydrogens is 380 g/mol. The molecule has 5 nitrogen and oxygen atoms in total. The first-order valence-corrected chi connectivity index (χ1v) is 10.8. The first kappa shape index (κ1) is 23.5. The molecule has 0 saturated heterocycles. The Balaban J connectivity index is 1.75. The van der Waals surface area contributed by atoms with Crippen molar-refractivity contribution in [2.45, 2.75) is 58.3 Å². The molecule has 0 spiro atoms. The van der Waals surface area contributed by atoms with Crippen LogP contribution in [0.2, 0.25) is 0 Å². The van der Waals surface area contributed by atoms with Crippen molar-refractivity contribution in [2.75, 3.05) is 13.7 Å². The maximum Gasteiger partial charge on any atom is 0.343 e. The Labute approximate surface area is 179 Å². The number of esters is 2. The van der Waals surface area contributed by atoms with Crippen LogP contribution in [0.15, 0.2) is 48.5 Å². The van der Waals surface area contributed by atoms with Gasteiger partial charge in [-0.25, -0.2) is 9.59 Å². The monoisotopic (exact) mass is 412 g/mol. The van der Waals surface area contributed by atoms with Gasteiger partial charge >= 0.3 is 11.9 Å². The lowest BCUT2D eigenvalue weighted by Gasteiger charge is -2.08. The minimum atomic E-state index is -0.530. The Hall–Kier alpha value is -2.82. The molecule has 0 aliphatic heterocycles. The van der Waals surface area contributed by atoms with E-state index in [1.807, 2.05) is 0 Å². The average Bonchev–Trinajstić information content (AvgIpc) is 2.78. The molecule has 0 aromatic heterocycles. The predicted octanol–water partition coefficient (Wildman–Crippen LogP) is 6.21. The predicted molar refractivity (Wildman–Crippen MR) is 117 cm³/mol. The van der Waals surface area contributed by atoms with Crippen LogP contribution in [-0.4, -0.2) is 25.7 Å². The van der Waals surface area contributed by atoms with E-state index in [0.717, 1.165) is 12.8 Å². The summed E-state index contributed by atoms with van der Waals surface area (Å²) in [5.74, 6) is 0.134. The third-order valence-corrected chi connectivity index (χ3v) is 4.84. The summed E-state index contributed by atoms with van der Waals surface area (Å²) in [6.07, 6.45) is 9.50. The second-order valence-corrected chi connectivity index (χ2v) is 7.26. The number of benzene rings is 2. The van der Waals surface area contributed by atoms with Gasteiger partial charge in [0, 0.05) is 0 Å². The van der Waals surface area contributed by atoms with Crippen molar-refractivity contribution in [1.29, 1.82) is 0 Å². The number of hydrogen-bond donors (Lipinski definition) is 0. The highest BCUT2D eigenvalue weighted by atomic mass is 16.5. The Morgan fingerprint density at radius 1 is 0.733 bits per heavy atom. The lowest BCUT2D eigenvalue weighted by molar-refractivity contribution is 0.0497. The van der Waals surface area contributed by atoms with Gasteiger partial charge in [-0.2, -0.15) is 0 Å². The van der Waals surface area contributed by atoms with E-state index in [2.05, 4.69) is 6.92 Å². The third-order valence-electron chi connectivity index (χ3n) is 4.84. The summed E-state index contributed by atoms with van der Waals surface area (Å²) in [5, 5.41) is 0. The number of carbonyl (C=O) groups is 2. The number of unbranched alkanes of at least 4 members (excludes halogenated alkanes) is 7. The molecule has 0 aliphatic rings. The standard InChI is InChI=1S/C25H32O5/c1-3-4-5-6-7-8-9-10-18-29-24(26)20-12-11-13-21(19-20)25(27)30-23-16-14-22(28-2)15-17-23/h11-17,19H,3-10,18H2,1-2H3. The summed E-state index contributed by atoms with van der Waals surface area (Å²) >= 11 is 0. The molecule has 0 aliphatic carbocycles. The molecule has 30 heavy (non-hydrogen) atoms. The normalized spacial score (nSPS) is 10.5. The smallest absolute Gasteiger partial charge is 0.343 e. The van der Waals surface area contributed by atoms with E-state index in [4.69, 9.17) is 14.2 Å². The second-order valence-electron chi connectivity index (χ2n) is 7.26. The van der Waals surface area contributed by atoms with E-state index in [1.165, 1.54) is 44.6 Å². The zero-order valence-corrected chi connectivity index (χ0v) is 18.0.